The molecule has 0 bridgehead atoms. The van der Waals surface area contributed by atoms with Gasteiger partial charge in [0.25, 0.3) is 0 Å². The maximum Gasteiger partial charge on any atom is 0.0593 e. The average molecular weight is 268 g/mol. The summed E-state index contributed by atoms with van der Waals surface area (Å²) >= 11 is 6.50. The SMILES string of the molecule is Clc1c(-c2ccncc2)cncc1-c1ccncc1. The lowest BCUT2D eigenvalue weighted by Crippen LogP contribution is -1.87. The lowest BCUT2D eigenvalue weighted by molar-refractivity contribution is 1.29. The highest BCUT2D eigenvalue weighted by atomic mass is 35.5. The van der Waals surface area contributed by atoms with Gasteiger partial charge in [-0.05, 0) is 35.4 Å². The van der Waals surface area contributed by atoms with Crippen molar-refractivity contribution in [2.75, 3.05) is 0 Å². The van der Waals surface area contributed by atoms with Crippen LogP contribution in [0.4, 0.5) is 0 Å². The molecule has 3 aromatic rings. The summed E-state index contributed by atoms with van der Waals surface area (Å²) in [6, 6.07) is 7.66. The number of halogens is 1. The number of hydrogen-bond acceptors (Lipinski definition) is 3. The zero-order valence-electron chi connectivity index (χ0n) is 9.99. The normalized spacial score (nSPS) is 10.4. The molecule has 0 saturated carbocycles. The van der Waals surface area contributed by atoms with E-state index < -0.39 is 0 Å². The predicted molar refractivity (Wildman–Crippen MR) is 75.7 cm³/mol. The van der Waals surface area contributed by atoms with Crippen LogP contribution in [-0.4, -0.2) is 15.0 Å². The molecular weight excluding hydrogens is 258 g/mol. The minimum absolute atomic E-state index is 0.687. The molecule has 3 rings (SSSR count). The van der Waals surface area contributed by atoms with E-state index >= 15 is 0 Å². The third-order valence-corrected chi connectivity index (χ3v) is 3.27. The Bertz CT molecular complexity index is 627. The van der Waals surface area contributed by atoms with Crippen molar-refractivity contribution in [1.29, 1.82) is 0 Å². The van der Waals surface area contributed by atoms with Crippen molar-refractivity contribution in [2.45, 2.75) is 0 Å². The van der Waals surface area contributed by atoms with Gasteiger partial charge in [-0.1, -0.05) is 11.6 Å². The van der Waals surface area contributed by atoms with Crippen LogP contribution in [0.2, 0.25) is 5.02 Å². The Kier molecular flexibility index (Phi) is 3.21. The first-order valence-corrected chi connectivity index (χ1v) is 6.18. The molecule has 0 fully saturated rings. The van der Waals surface area contributed by atoms with Gasteiger partial charge in [0.05, 0.1) is 5.02 Å². The van der Waals surface area contributed by atoms with Gasteiger partial charge >= 0.3 is 0 Å². The monoisotopic (exact) mass is 267 g/mol. The largest absolute Gasteiger partial charge is 0.265 e. The van der Waals surface area contributed by atoms with E-state index in [2.05, 4.69) is 15.0 Å². The zero-order valence-corrected chi connectivity index (χ0v) is 10.7. The Hall–Kier alpha value is -2.26. The first kappa shape index (κ1) is 11.8. The highest BCUT2D eigenvalue weighted by Crippen LogP contribution is 2.34. The van der Waals surface area contributed by atoms with Gasteiger partial charge < -0.3 is 0 Å². The van der Waals surface area contributed by atoms with Crippen molar-refractivity contribution in [1.82, 2.24) is 15.0 Å². The molecule has 0 N–H and O–H groups in total. The van der Waals surface area contributed by atoms with E-state index in [1.807, 2.05) is 24.3 Å². The highest BCUT2D eigenvalue weighted by Gasteiger charge is 2.10. The fourth-order valence-electron chi connectivity index (χ4n) is 1.91. The van der Waals surface area contributed by atoms with E-state index in [9.17, 15) is 0 Å². The van der Waals surface area contributed by atoms with E-state index in [4.69, 9.17) is 11.6 Å². The smallest absolute Gasteiger partial charge is 0.0593 e. The van der Waals surface area contributed by atoms with Crippen LogP contribution in [-0.2, 0) is 0 Å². The third-order valence-electron chi connectivity index (χ3n) is 2.86. The molecule has 0 amide bonds. The van der Waals surface area contributed by atoms with Crippen molar-refractivity contribution in [3.8, 4) is 22.3 Å². The van der Waals surface area contributed by atoms with Crippen LogP contribution < -0.4 is 0 Å². The zero-order chi connectivity index (χ0) is 13.1. The van der Waals surface area contributed by atoms with Gasteiger partial charge in [0.15, 0.2) is 0 Å². The summed E-state index contributed by atoms with van der Waals surface area (Å²) in [4.78, 5) is 12.3. The van der Waals surface area contributed by atoms with Crippen molar-refractivity contribution in [3.63, 3.8) is 0 Å². The molecular formula is C15H10ClN3. The summed E-state index contributed by atoms with van der Waals surface area (Å²) in [7, 11) is 0. The summed E-state index contributed by atoms with van der Waals surface area (Å²) < 4.78 is 0. The topological polar surface area (TPSA) is 38.7 Å². The maximum absolute atomic E-state index is 6.50. The quantitative estimate of drug-likeness (QED) is 0.708. The molecule has 3 nitrogen and oxygen atoms in total. The molecule has 19 heavy (non-hydrogen) atoms. The lowest BCUT2D eigenvalue weighted by Gasteiger charge is -2.09. The molecule has 3 heterocycles. The fourth-order valence-corrected chi connectivity index (χ4v) is 2.23. The Labute approximate surface area is 116 Å². The lowest BCUT2D eigenvalue weighted by atomic mass is 10.0. The molecule has 0 unspecified atom stereocenters. The molecule has 4 heteroatoms. The number of rotatable bonds is 2. The van der Waals surface area contributed by atoms with E-state index in [1.165, 1.54) is 0 Å². The van der Waals surface area contributed by atoms with Crippen molar-refractivity contribution in [2.24, 2.45) is 0 Å². The summed E-state index contributed by atoms with van der Waals surface area (Å²) in [6.07, 6.45) is 10.5. The van der Waals surface area contributed by atoms with Gasteiger partial charge in [0.1, 0.15) is 0 Å². The number of aromatic nitrogens is 3. The second-order valence-corrected chi connectivity index (χ2v) is 4.40. The van der Waals surface area contributed by atoms with Gasteiger partial charge in [-0.15, -0.1) is 0 Å². The first-order chi connectivity index (χ1) is 9.36. The van der Waals surface area contributed by atoms with Gasteiger partial charge in [0, 0.05) is 48.3 Å². The minimum atomic E-state index is 0.687. The molecule has 0 aromatic carbocycles. The van der Waals surface area contributed by atoms with Crippen molar-refractivity contribution < 1.29 is 0 Å². The number of hydrogen-bond donors (Lipinski definition) is 0. The Morgan fingerprint density at radius 3 is 1.47 bits per heavy atom. The first-order valence-electron chi connectivity index (χ1n) is 5.80. The number of nitrogens with zero attached hydrogens (tertiary/aromatic N) is 3. The maximum atomic E-state index is 6.50. The Morgan fingerprint density at radius 2 is 1.05 bits per heavy atom. The molecule has 92 valence electrons. The average Bonchev–Trinajstić information content (AvgIpc) is 2.49. The summed E-state index contributed by atoms with van der Waals surface area (Å²) in [5, 5.41) is 0.687. The number of pyridine rings is 3. The van der Waals surface area contributed by atoms with E-state index in [-0.39, 0.29) is 0 Å². The molecule has 0 radical (unpaired) electrons. The minimum Gasteiger partial charge on any atom is -0.265 e. The third kappa shape index (κ3) is 2.33. The molecule has 0 atom stereocenters. The second kappa shape index (κ2) is 5.16. The van der Waals surface area contributed by atoms with Crippen LogP contribution in [0.3, 0.4) is 0 Å². The summed E-state index contributed by atoms with van der Waals surface area (Å²) in [6.45, 7) is 0. The van der Waals surface area contributed by atoms with Crippen LogP contribution in [0.25, 0.3) is 22.3 Å². The van der Waals surface area contributed by atoms with Gasteiger partial charge in [-0.2, -0.15) is 0 Å². The molecule has 0 aliphatic carbocycles. The van der Waals surface area contributed by atoms with Gasteiger partial charge in [-0.25, -0.2) is 0 Å². The van der Waals surface area contributed by atoms with Crippen LogP contribution in [0.5, 0.6) is 0 Å². The predicted octanol–water partition coefficient (Wildman–Crippen LogP) is 3.86. The van der Waals surface area contributed by atoms with Crippen LogP contribution in [0.1, 0.15) is 0 Å². The van der Waals surface area contributed by atoms with Gasteiger partial charge in [-0.3, -0.25) is 15.0 Å². The summed E-state index contributed by atoms with van der Waals surface area (Å²) in [5.74, 6) is 0. The Balaban J connectivity index is 2.15. The molecule has 3 aromatic heterocycles. The van der Waals surface area contributed by atoms with Crippen molar-refractivity contribution in [3.05, 3.63) is 66.5 Å². The van der Waals surface area contributed by atoms with Crippen LogP contribution >= 0.6 is 11.6 Å². The summed E-state index contributed by atoms with van der Waals surface area (Å²) in [5.41, 5.74) is 3.81. The molecule has 0 saturated heterocycles. The van der Waals surface area contributed by atoms with E-state index in [1.54, 1.807) is 37.2 Å². The second-order valence-electron chi connectivity index (χ2n) is 4.02. The standard InChI is InChI=1S/C15H10ClN3/c16-15-13(11-1-5-17-6-2-11)9-19-10-14(15)12-3-7-18-8-4-12/h1-10H. The van der Waals surface area contributed by atoms with Gasteiger partial charge in [0.2, 0.25) is 0 Å². The van der Waals surface area contributed by atoms with Crippen LogP contribution in [0.15, 0.2) is 61.4 Å². The van der Waals surface area contributed by atoms with E-state index in [0.717, 1.165) is 22.3 Å². The molecule has 0 aliphatic heterocycles. The van der Waals surface area contributed by atoms with Crippen molar-refractivity contribution >= 4 is 11.6 Å². The molecule has 0 spiro atoms. The highest BCUT2D eigenvalue weighted by molar-refractivity contribution is 6.36. The fraction of sp³-hybridized carbons (Fsp3) is 0. The molecule has 0 aliphatic rings. The van der Waals surface area contributed by atoms with E-state index in [0.29, 0.717) is 5.02 Å². The van der Waals surface area contributed by atoms with Crippen LogP contribution in [0, 0.1) is 0 Å². The Morgan fingerprint density at radius 1 is 0.632 bits per heavy atom.